The minimum absolute atomic E-state index is 0.00304. The lowest BCUT2D eigenvalue weighted by molar-refractivity contribution is -0.123. The van der Waals surface area contributed by atoms with Gasteiger partial charge < -0.3 is 0 Å². The maximum Gasteiger partial charge on any atom is 0.269 e. The molecule has 2 amide bonds. The van der Waals surface area contributed by atoms with Gasteiger partial charge in [0.05, 0.1) is 4.90 Å². The molecule has 2 aliphatic rings. The SMILES string of the molecule is O=C(NNC(=O)C1CC1)c1ccc(S(=O)(=O)N2CCCC2)cc1. The Kier molecular flexibility index (Phi) is 4.36. The Balaban J connectivity index is 1.64. The smallest absolute Gasteiger partial charge is 0.269 e. The van der Waals surface area contributed by atoms with Crippen LogP contribution in [0.5, 0.6) is 0 Å². The van der Waals surface area contributed by atoms with E-state index in [-0.39, 0.29) is 16.7 Å². The lowest BCUT2D eigenvalue weighted by Crippen LogP contribution is -2.42. The van der Waals surface area contributed by atoms with Gasteiger partial charge >= 0.3 is 0 Å². The third-order valence-electron chi connectivity index (χ3n) is 4.07. The summed E-state index contributed by atoms with van der Waals surface area (Å²) in [5.41, 5.74) is 5.00. The minimum Gasteiger partial charge on any atom is -0.273 e. The van der Waals surface area contributed by atoms with Gasteiger partial charge in [0.15, 0.2) is 0 Å². The predicted octanol–water partition coefficient (Wildman–Crippen LogP) is 0.642. The highest BCUT2D eigenvalue weighted by atomic mass is 32.2. The van der Waals surface area contributed by atoms with Crippen molar-refractivity contribution in [3.8, 4) is 0 Å². The van der Waals surface area contributed by atoms with Crippen LogP contribution in [0.1, 0.15) is 36.0 Å². The second-order valence-electron chi connectivity index (χ2n) is 5.85. The Bertz CT molecular complexity index is 705. The van der Waals surface area contributed by atoms with Crippen LogP contribution >= 0.6 is 0 Å². The summed E-state index contributed by atoms with van der Waals surface area (Å²) < 4.78 is 26.2. The summed E-state index contributed by atoms with van der Waals surface area (Å²) in [7, 11) is -3.48. The highest BCUT2D eigenvalue weighted by Gasteiger charge is 2.30. The fraction of sp³-hybridized carbons (Fsp3) is 0.467. The van der Waals surface area contributed by atoms with Gasteiger partial charge in [-0.15, -0.1) is 0 Å². The van der Waals surface area contributed by atoms with E-state index in [1.165, 1.54) is 28.6 Å². The van der Waals surface area contributed by atoms with Crippen molar-refractivity contribution in [1.29, 1.82) is 0 Å². The third-order valence-corrected chi connectivity index (χ3v) is 5.98. The van der Waals surface area contributed by atoms with E-state index in [9.17, 15) is 18.0 Å². The molecule has 0 spiro atoms. The zero-order chi connectivity index (χ0) is 16.4. The number of rotatable bonds is 4. The normalized spacial score (nSPS) is 18.6. The monoisotopic (exact) mass is 337 g/mol. The van der Waals surface area contributed by atoms with Crippen LogP contribution in [0.3, 0.4) is 0 Å². The molecular weight excluding hydrogens is 318 g/mol. The minimum atomic E-state index is -3.48. The molecule has 1 aromatic rings. The van der Waals surface area contributed by atoms with Crippen molar-refractivity contribution >= 4 is 21.8 Å². The van der Waals surface area contributed by atoms with Crippen LogP contribution in [0.15, 0.2) is 29.2 Å². The number of carbonyl (C=O) groups is 2. The number of nitrogens with one attached hydrogen (secondary N) is 2. The van der Waals surface area contributed by atoms with E-state index < -0.39 is 15.9 Å². The van der Waals surface area contributed by atoms with Crippen molar-refractivity contribution in [2.45, 2.75) is 30.6 Å². The first-order chi connectivity index (χ1) is 11.0. The molecule has 1 aromatic carbocycles. The summed E-state index contributed by atoms with van der Waals surface area (Å²) in [6.45, 7) is 1.08. The Morgan fingerprint density at radius 1 is 1.00 bits per heavy atom. The molecule has 124 valence electrons. The van der Waals surface area contributed by atoms with Crippen LogP contribution in [-0.2, 0) is 14.8 Å². The number of sulfonamides is 1. The first-order valence-electron chi connectivity index (χ1n) is 7.69. The molecule has 0 radical (unpaired) electrons. The van der Waals surface area contributed by atoms with Crippen LogP contribution in [0, 0.1) is 5.92 Å². The number of nitrogens with zero attached hydrogens (tertiary/aromatic N) is 1. The highest BCUT2D eigenvalue weighted by molar-refractivity contribution is 7.89. The third kappa shape index (κ3) is 3.53. The maximum absolute atomic E-state index is 12.4. The fourth-order valence-electron chi connectivity index (χ4n) is 2.49. The van der Waals surface area contributed by atoms with Gasteiger partial charge in [0, 0.05) is 24.6 Å². The van der Waals surface area contributed by atoms with E-state index in [1.54, 1.807) is 0 Å². The van der Waals surface area contributed by atoms with Crippen LogP contribution < -0.4 is 10.9 Å². The van der Waals surface area contributed by atoms with Gasteiger partial charge in [0.2, 0.25) is 15.9 Å². The second-order valence-corrected chi connectivity index (χ2v) is 7.79. The van der Waals surface area contributed by atoms with Crippen LogP contribution in [0.25, 0.3) is 0 Å². The Morgan fingerprint density at radius 3 is 2.17 bits per heavy atom. The molecule has 0 aromatic heterocycles. The van der Waals surface area contributed by atoms with Gasteiger partial charge in [-0.1, -0.05) is 0 Å². The second kappa shape index (κ2) is 6.29. The summed E-state index contributed by atoms with van der Waals surface area (Å²) in [4.78, 5) is 23.6. The van der Waals surface area contributed by atoms with Crippen molar-refractivity contribution in [3.63, 3.8) is 0 Å². The number of hydrogen-bond acceptors (Lipinski definition) is 4. The molecule has 1 aliphatic heterocycles. The Labute approximate surface area is 135 Å². The standard InChI is InChI=1S/C15H19N3O4S/c19-14(11-3-4-11)16-17-15(20)12-5-7-13(8-6-12)23(21,22)18-9-1-2-10-18/h5-8,11H,1-4,9-10H2,(H,16,19)(H,17,20). The number of hydrazine groups is 1. The Hall–Kier alpha value is -1.93. The van der Waals surface area contributed by atoms with Gasteiger partial charge in [0.1, 0.15) is 0 Å². The van der Waals surface area contributed by atoms with Gasteiger partial charge in [-0.2, -0.15) is 4.31 Å². The topological polar surface area (TPSA) is 95.6 Å². The first-order valence-corrected chi connectivity index (χ1v) is 9.13. The molecule has 1 saturated carbocycles. The number of amides is 2. The van der Waals surface area contributed by atoms with Crippen LogP contribution in [0.2, 0.25) is 0 Å². The largest absolute Gasteiger partial charge is 0.273 e. The van der Waals surface area contributed by atoms with Gasteiger partial charge in [-0.05, 0) is 49.9 Å². The molecule has 2 fully saturated rings. The van der Waals surface area contributed by atoms with Gasteiger partial charge in [0.25, 0.3) is 5.91 Å². The van der Waals surface area contributed by atoms with Crippen LogP contribution in [-0.4, -0.2) is 37.6 Å². The average molecular weight is 337 g/mol. The lowest BCUT2D eigenvalue weighted by atomic mass is 10.2. The maximum atomic E-state index is 12.4. The molecule has 2 N–H and O–H groups in total. The molecule has 0 atom stereocenters. The fourth-order valence-corrected chi connectivity index (χ4v) is 4.01. The lowest BCUT2D eigenvalue weighted by Gasteiger charge is -2.15. The van der Waals surface area contributed by atoms with Crippen molar-refractivity contribution in [1.82, 2.24) is 15.2 Å². The van der Waals surface area contributed by atoms with Crippen molar-refractivity contribution in [2.75, 3.05) is 13.1 Å². The van der Waals surface area contributed by atoms with Crippen molar-refractivity contribution in [3.05, 3.63) is 29.8 Å². The summed E-state index contributed by atoms with van der Waals surface area (Å²) >= 11 is 0. The van der Waals surface area contributed by atoms with Crippen molar-refractivity contribution in [2.24, 2.45) is 5.92 Å². The quantitative estimate of drug-likeness (QED) is 0.788. The molecule has 1 saturated heterocycles. The van der Waals surface area contributed by atoms with Crippen molar-refractivity contribution < 1.29 is 18.0 Å². The first kappa shape index (κ1) is 15.9. The van der Waals surface area contributed by atoms with E-state index in [0.717, 1.165) is 25.7 Å². The molecule has 7 nitrogen and oxygen atoms in total. The summed E-state index contributed by atoms with van der Waals surface area (Å²) in [6, 6.07) is 5.74. The van der Waals surface area contributed by atoms with E-state index in [2.05, 4.69) is 10.9 Å². The molecule has 1 aliphatic carbocycles. The number of benzene rings is 1. The summed E-state index contributed by atoms with van der Waals surface area (Å²) in [5, 5.41) is 0. The van der Waals surface area contributed by atoms with E-state index >= 15 is 0 Å². The van der Waals surface area contributed by atoms with E-state index in [0.29, 0.717) is 18.7 Å². The highest BCUT2D eigenvalue weighted by Crippen LogP contribution is 2.28. The predicted molar refractivity (Wildman–Crippen MR) is 82.8 cm³/mol. The Morgan fingerprint density at radius 2 is 1.61 bits per heavy atom. The number of hydrogen-bond donors (Lipinski definition) is 2. The van der Waals surface area contributed by atoms with Gasteiger partial charge in [-0.3, -0.25) is 20.4 Å². The van der Waals surface area contributed by atoms with Gasteiger partial charge in [-0.25, -0.2) is 8.42 Å². The molecule has 0 unspecified atom stereocenters. The zero-order valence-corrected chi connectivity index (χ0v) is 13.4. The molecule has 23 heavy (non-hydrogen) atoms. The number of carbonyl (C=O) groups excluding carboxylic acids is 2. The van der Waals surface area contributed by atoms with Crippen LogP contribution in [0.4, 0.5) is 0 Å². The van der Waals surface area contributed by atoms with E-state index in [4.69, 9.17) is 0 Å². The molecule has 0 bridgehead atoms. The van der Waals surface area contributed by atoms with E-state index in [1.807, 2.05) is 0 Å². The molecular formula is C15H19N3O4S. The zero-order valence-electron chi connectivity index (χ0n) is 12.6. The summed E-state index contributed by atoms with van der Waals surface area (Å²) in [5.74, 6) is -0.654. The average Bonchev–Trinajstić information content (AvgIpc) is 3.26. The molecule has 3 rings (SSSR count). The molecule has 8 heteroatoms. The molecule has 1 heterocycles. The summed E-state index contributed by atoms with van der Waals surface area (Å²) in [6.07, 6.45) is 3.45.